The van der Waals surface area contributed by atoms with Gasteiger partial charge in [0.15, 0.2) is 17.5 Å². The summed E-state index contributed by atoms with van der Waals surface area (Å²) in [6, 6.07) is 7.28. The number of carbonyl (C=O) groups excluding carboxylic acids is 1. The van der Waals surface area contributed by atoms with Gasteiger partial charge in [-0.25, -0.2) is 18.7 Å². The van der Waals surface area contributed by atoms with E-state index in [1.165, 1.54) is 11.0 Å². The molecular weight excluding hydrogens is 447 g/mol. The standard InChI is InChI=1S/C21H19F5N6O/c1-2-14-7-17(30-32(14)9-12-5-3-4-6-15(12)22)18-27-8-16(23)19(29-18)31-10-13(11-31)28-20(33)21(24,25)26/h3-8,13H,2,9-11H2,1H3,(H,28,33). The van der Waals surface area contributed by atoms with E-state index in [9.17, 15) is 26.7 Å². The van der Waals surface area contributed by atoms with Gasteiger partial charge in [-0.2, -0.15) is 18.3 Å². The van der Waals surface area contributed by atoms with Gasteiger partial charge in [0.25, 0.3) is 0 Å². The number of anilines is 1. The molecule has 0 unspecified atom stereocenters. The predicted octanol–water partition coefficient (Wildman–Crippen LogP) is 3.10. The molecule has 0 radical (unpaired) electrons. The fourth-order valence-corrected chi connectivity index (χ4v) is 3.49. The van der Waals surface area contributed by atoms with Crippen LogP contribution < -0.4 is 10.2 Å². The van der Waals surface area contributed by atoms with Gasteiger partial charge in [-0.05, 0) is 18.6 Å². The zero-order valence-corrected chi connectivity index (χ0v) is 17.4. The SMILES string of the molecule is CCc1cc(-c2ncc(F)c(N3CC(NC(=O)C(F)(F)F)C3)n2)nn1Cc1ccccc1F. The average Bonchev–Trinajstić information content (AvgIpc) is 3.15. The first kappa shape index (κ1) is 22.6. The van der Waals surface area contributed by atoms with Crippen molar-refractivity contribution in [3.8, 4) is 11.5 Å². The summed E-state index contributed by atoms with van der Waals surface area (Å²) >= 11 is 0. The minimum absolute atomic E-state index is 0.0306. The summed E-state index contributed by atoms with van der Waals surface area (Å²) in [5.74, 6) is -3.12. The first-order valence-electron chi connectivity index (χ1n) is 10.1. The van der Waals surface area contributed by atoms with E-state index in [0.717, 1.165) is 11.9 Å². The minimum Gasteiger partial charge on any atom is -0.350 e. The Balaban J connectivity index is 1.52. The monoisotopic (exact) mass is 466 g/mol. The van der Waals surface area contributed by atoms with Crippen molar-refractivity contribution in [3.05, 3.63) is 59.4 Å². The number of hydrogen-bond acceptors (Lipinski definition) is 5. The van der Waals surface area contributed by atoms with Crippen LogP contribution >= 0.6 is 0 Å². The van der Waals surface area contributed by atoms with Crippen LogP contribution in [0.2, 0.25) is 0 Å². The lowest BCUT2D eigenvalue weighted by Gasteiger charge is -2.40. The third kappa shape index (κ3) is 4.78. The Morgan fingerprint density at radius 2 is 1.91 bits per heavy atom. The van der Waals surface area contributed by atoms with Gasteiger partial charge in [0.2, 0.25) is 0 Å². The third-order valence-electron chi connectivity index (χ3n) is 5.23. The smallest absolute Gasteiger partial charge is 0.350 e. The van der Waals surface area contributed by atoms with Crippen LogP contribution in [-0.2, 0) is 17.8 Å². The van der Waals surface area contributed by atoms with Gasteiger partial charge in [0.05, 0.1) is 18.8 Å². The van der Waals surface area contributed by atoms with Crippen molar-refractivity contribution in [3.63, 3.8) is 0 Å². The number of nitrogens with one attached hydrogen (secondary N) is 1. The molecule has 0 spiro atoms. The predicted molar refractivity (Wildman–Crippen MR) is 108 cm³/mol. The van der Waals surface area contributed by atoms with Crippen LogP contribution in [-0.4, -0.2) is 51.0 Å². The zero-order valence-electron chi connectivity index (χ0n) is 17.4. The molecule has 0 atom stereocenters. The average molecular weight is 466 g/mol. The zero-order chi connectivity index (χ0) is 23.8. The lowest BCUT2D eigenvalue weighted by molar-refractivity contribution is -0.174. The van der Waals surface area contributed by atoms with E-state index >= 15 is 0 Å². The van der Waals surface area contributed by atoms with Crippen molar-refractivity contribution in [2.75, 3.05) is 18.0 Å². The largest absolute Gasteiger partial charge is 0.471 e. The molecule has 3 heterocycles. The Morgan fingerprint density at radius 3 is 2.58 bits per heavy atom. The van der Waals surface area contributed by atoms with E-state index in [4.69, 9.17) is 0 Å². The van der Waals surface area contributed by atoms with Crippen LogP contribution in [0.1, 0.15) is 18.2 Å². The lowest BCUT2D eigenvalue weighted by atomic mass is 10.1. The summed E-state index contributed by atoms with van der Waals surface area (Å²) in [6.07, 6.45) is -3.42. The molecule has 33 heavy (non-hydrogen) atoms. The molecule has 1 amide bonds. The highest BCUT2D eigenvalue weighted by molar-refractivity contribution is 5.82. The second kappa shape index (κ2) is 8.75. The third-order valence-corrected chi connectivity index (χ3v) is 5.23. The van der Waals surface area contributed by atoms with Crippen LogP contribution in [0.25, 0.3) is 11.5 Å². The summed E-state index contributed by atoms with van der Waals surface area (Å²) in [4.78, 5) is 20.6. The van der Waals surface area contributed by atoms with Gasteiger partial charge in [-0.1, -0.05) is 25.1 Å². The number of alkyl halides is 3. The number of hydrogen-bond donors (Lipinski definition) is 1. The first-order chi connectivity index (χ1) is 15.7. The molecule has 174 valence electrons. The molecule has 1 aliphatic heterocycles. The number of aryl methyl sites for hydroxylation is 1. The molecule has 3 aromatic rings. The Bertz CT molecular complexity index is 1170. The fourth-order valence-electron chi connectivity index (χ4n) is 3.49. The molecule has 0 aliphatic carbocycles. The van der Waals surface area contributed by atoms with E-state index in [1.54, 1.807) is 28.9 Å². The minimum atomic E-state index is -4.98. The number of aromatic nitrogens is 4. The van der Waals surface area contributed by atoms with E-state index in [2.05, 4.69) is 15.1 Å². The quantitative estimate of drug-likeness (QED) is 0.565. The van der Waals surface area contributed by atoms with Gasteiger partial charge in [-0.15, -0.1) is 0 Å². The second-order valence-corrected chi connectivity index (χ2v) is 7.56. The van der Waals surface area contributed by atoms with Crippen LogP contribution in [0.3, 0.4) is 0 Å². The van der Waals surface area contributed by atoms with Gasteiger partial charge >= 0.3 is 12.1 Å². The Morgan fingerprint density at radius 1 is 1.18 bits per heavy atom. The second-order valence-electron chi connectivity index (χ2n) is 7.56. The van der Waals surface area contributed by atoms with Crippen molar-refractivity contribution >= 4 is 11.7 Å². The number of amides is 1. The molecule has 2 aromatic heterocycles. The van der Waals surface area contributed by atoms with E-state index < -0.39 is 23.9 Å². The van der Waals surface area contributed by atoms with Gasteiger partial charge in [0.1, 0.15) is 11.5 Å². The Kier molecular flexibility index (Phi) is 6.00. The number of halogens is 5. The number of benzene rings is 1. The molecule has 4 rings (SSSR count). The van der Waals surface area contributed by atoms with Crippen molar-refractivity contribution in [2.24, 2.45) is 0 Å². The Hall–Kier alpha value is -3.57. The Labute approximate surface area is 185 Å². The van der Waals surface area contributed by atoms with Crippen LogP contribution in [0.4, 0.5) is 27.8 Å². The number of rotatable bonds is 6. The molecule has 12 heteroatoms. The summed E-state index contributed by atoms with van der Waals surface area (Å²) in [5.41, 5.74) is 1.60. The highest BCUT2D eigenvalue weighted by atomic mass is 19.4. The lowest BCUT2D eigenvalue weighted by Crippen LogP contribution is -2.61. The molecular formula is C21H19F5N6O. The van der Waals surface area contributed by atoms with Gasteiger partial charge in [0, 0.05) is 24.3 Å². The molecule has 1 N–H and O–H groups in total. The maximum Gasteiger partial charge on any atom is 0.471 e. The molecule has 1 aromatic carbocycles. The molecule has 1 aliphatic rings. The van der Waals surface area contributed by atoms with Gasteiger partial charge < -0.3 is 10.2 Å². The summed E-state index contributed by atoms with van der Waals surface area (Å²) in [7, 11) is 0. The number of nitrogens with zero attached hydrogens (tertiary/aromatic N) is 5. The first-order valence-corrected chi connectivity index (χ1v) is 10.1. The van der Waals surface area contributed by atoms with Crippen LogP contribution in [0, 0.1) is 11.6 Å². The summed E-state index contributed by atoms with van der Waals surface area (Å²) in [5, 5.41) is 6.30. The van der Waals surface area contributed by atoms with Crippen LogP contribution in [0.15, 0.2) is 36.5 Å². The molecule has 0 bridgehead atoms. The fraction of sp³-hybridized carbons (Fsp3) is 0.333. The van der Waals surface area contributed by atoms with Crippen molar-refractivity contribution in [2.45, 2.75) is 32.1 Å². The van der Waals surface area contributed by atoms with Crippen molar-refractivity contribution in [1.82, 2.24) is 25.1 Å². The van der Waals surface area contributed by atoms with E-state index in [1.807, 2.05) is 12.2 Å². The van der Waals surface area contributed by atoms with E-state index in [0.29, 0.717) is 17.7 Å². The summed E-state index contributed by atoms with van der Waals surface area (Å²) < 4.78 is 67.1. The van der Waals surface area contributed by atoms with Crippen molar-refractivity contribution < 1.29 is 26.7 Å². The molecule has 1 fully saturated rings. The normalized spacial score (nSPS) is 14.3. The molecule has 0 saturated carbocycles. The highest BCUT2D eigenvalue weighted by Gasteiger charge is 2.42. The number of carbonyl (C=O) groups is 1. The van der Waals surface area contributed by atoms with Gasteiger partial charge in [-0.3, -0.25) is 9.48 Å². The molecule has 7 nitrogen and oxygen atoms in total. The van der Waals surface area contributed by atoms with Crippen LogP contribution in [0.5, 0.6) is 0 Å². The maximum atomic E-state index is 14.3. The maximum absolute atomic E-state index is 14.3. The van der Waals surface area contributed by atoms with Crippen molar-refractivity contribution in [1.29, 1.82) is 0 Å². The summed E-state index contributed by atoms with van der Waals surface area (Å²) in [6.45, 7) is 2.04. The topological polar surface area (TPSA) is 75.9 Å². The molecule has 1 saturated heterocycles. The highest BCUT2D eigenvalue weighted by Crippen LogP contribution is 2.26. The van der Waals surface area contributed by atoms with E-state index in [-0.39, 0.29) is 37.1 Å².